The Balaban J connectivity index is 2.29. The molecule has 4 nitrogen and oxygen atoms in total. The lowest BCUT2D eigenvalue weighted by atomic mass is 10.2. The predicted octanol–water partition coefficient (Wildman–Crippen LogP) is 1.02. The summed E-state index contributed by atoms with van der Waals surface area (Å²) in [5.41, 5.74) is 0. The van der Waals surface area contributed by atoms with Crippen LogP contribution in [0, 0.1) is 0 Å². The van der Waals surface area contributed by atoms with Gasteiger partial charge in [0.1, 0.15) is 0 Å². The van der Waals surface area contributed by atoms with E-state index in [4.69, 9.17) is 9.47 Å². The molecule has 1 aliphatic heterocycles. The van der Waals surface area contributed by atoms with Crippen LogP contribution in [0.15, 0.2) is 0 Å². The molecular formula is C12H26N2O2. The van der Waals surface area contributed by atoms with Crippen LogP contribution in [0.2, 0.25) is 0 Å². The number of methoxy groups -OCH3 is 2. The summed E-state index contributed by atoms with van der Waals surface area (Å²) in [5, 5.41) is 0. The third kappa shape index (κ3) is 4.01. The Bertz CT molecular complexity index is 186. The fourth-order valence-corrected chi connectivity index (χ4v) is 2.45. The quantitative estimate of drug-likeness (QED) is 0.610. The fraction of sp³-hybridized carbons (Fsp3) is 1.00. The summed E-state index contributed by atoms with van der Waals surface area (Å²) in [6.45, 7) is 6.60. The third-order valence-corrected chi connectivity index (χ3v) is 3.41. The molecule has 96 valence electrons. The first kappa shape index (κ1) is 13.9. The Morgan fingerprint density at radius 1 is 1.38 bits per heavy atom. The molecule has 0 amide bonds. The summed E-state index contributed by atoms with van der Waals surface area (Å²) >= 11 is 0. The molecule has 0 spiro atoms. The van der Waals surface area contributed by atoms with E-state index in [9.17, 15) is 0 Å². The van der Waals surface area contributed by atoms with Gasteiger partial charge in [0.05, 0.1) is 0 Å². The Kier molecular flexibility index (Phi) is 6.28. The summed E-state index contributed by atoms with van der Waals surface area (Å²) in [4.78, 5) is 4.86. The Hall–Kier alpha value is -0.160. The number of nitrogens with zero attached hydrogens (tertiary/aromatic N) is 2. The molecule has 4 heteroatoms. The van der Waals surface area contributed by atoms with Crippen LogP contribution in [-0.2, 0) is 9.47 Å². The zero-order valence-corrected chi connectivity index (χ0v) is 11.1. The fourth-order valence-electron chi connectivity index (χ4n) is 2.45. The predicted molar refractivity (Wildman–Crippen MR) is 65.6 cm³/mol. The van der Waals surface area contributed by atoms with Crippen LogP contribution in [0.25, 0.3) is 0 Å². The first-order valence-electron chi connectivity index (χ1n) is 6.19. The lowest BCUT2D eigenvalue weighted by molar-refractivity contribution is -0.114. The second kappa shape index (κ2) is 7.22. The number of hydrogen-bond donors (Lipinski definition) is 0. The summed E-state index contributed by atoms with van der Waals surface area (Å²) < 4.78 is 10.4. The van der Waals surface area contributed by atoms with Gasteiger partial charge in [-0.25, -0.2) is 0 Å². The van der Waals surface area contributed by atoms with Gasteiger partial charge in [-0.3, -0.25) is 9.80 Å². The molecule has 1 heterocycles. The van der Waals surface area contributed by atoms with Crippen molar-refractivity contribution in [1.82, 2.24) is 9.80 Å². The van der Waals surface area contributed by atoms with E-state index < -0.39 is 0 Å². The average Bonchev–Trinajstić information content (AvgIpc) is 2.73. The Labute approximate surface area is 99.5 Å². The van der Waals surface area contributed by atoms with Gasteiger partial charge in [0.25, 0.3) is 0 Å². The van der Waals surface area contributed by atoms with E-state index >= 15 is 0 Å². The van der Waals surface area contributed by atoms with Crippen LogP contribution in [0.4, 0.5) is 0 Å². The van der Waals surface area contributed by atoms with Gasteiger partial charge in [-0.15, -0.1) is 0 Å². The highest BCUT2D eigenvalue weighted by Crippen LogP contribution is 2.17. The van der Waals surface area contributed by atoms with E-state index in [1.807, 2.05) is 0 Å². The molecule has 1 fully saturated rings. The SMILES string of the molecule is CCN1CCCC1CN(C)CC(OC)OC. The number of rotatable bonds is 7. The number of likely N-dealkylation sites (N-methyl/N-ethyl adjacent to an activating group) is 2. The van der Waals surface area contributed by atoms with Crippen LogP contribution < -0.4 is 0 Å². The minimum atomic E-state index is -0.110. The van der Waals surface area contributed by atoms with Crippen molar-refractivity contribution in [2.75, 3.05) is 47.4 Å². The van der Waals surface area contributed by atoms with Gasteiger partial charge in [0.15, 0.2) is 6.29 Å². The van der Waals surface area contributed by atoms with Gasteiger partial charge >= 0.3 is 0 Å². The maximum atomic E-state index is 5.21. The van der Waals surface area contributed by atoms with E-state index in [0.29, 0.717) is 6.04 Å². The number of likely N-dealkylation sites (tertiary alicyclic amines) is 1. The minimum Gasteiger partial charge on any atom is -0.355 e. The van der Waals surface area contributed by atoms with Crippen LogP contribution in [0.1, 0.15) is 19.8 Å². The van der Waals surface area contributed by atoms with Crippen molar-refractivity contribution in [2.45, 2.75) is 32.1 Å². The molecule has 0 aliphatic carbocycles. The first-order chi connectivity index (χ1) is 7.71. The average molecular weight is 230 g/mol. The van der Waals surface area contributed by atoms with E-state index in [0.717, 1.165) is 19.6 Å². The highest BCUT2D eigenvalue weighted by Gasteiger charge is 2.24. The van der Waals surface area contributed by atoms with Crippen molar-refractivity contribution in [3.8, 4) is 0 Å². The van der Waals surface area contributed by atoms with Gasteiger partial charge in [0.2, 0.25) is 0 Å². The molecule has 0 aromatic carbocycles. The van der Waals surface area contributed by atoms with Gasteiger partial charge in [-0.05, 0) is 33.0 Å². The highest BCUT2D eigenvalue weighted by atomic mass is 16.7. The Morgan fingerprint density at radius 2 is 2.06 bits per heavy atom. The standard InChI is InChI=1S/C12H26N2O2/c1-5-14-8-6-7-11(14)9-13(2)10-12(15-3)16-4/h11-12H,5-10H2,1-4H3. The highest BCUT2D eigenvalue weighted by molar-refractivity contribution is 4.80. The van der Waals surface area contributed by atoms with E-state index in [1.54, 1.807) is 14.2 Å². The first-order valence-corrected chi connectivity index (χ1v) is 6.19. The second-order valence-electron chi connectivity index (χ2n) is 4.55. The van der Waals surface area contributed by atoms with E-state index in [2.05, 4.69) is 23.8 Å². The molecule has 1 atom stereocenters. The smallest absolute Gasteiger partial charge is 0.169 e. The van der Waals surface area contributed by atoms with E-state index in [-0.39, 0.29) is 6.29 Å². The number of hydrogen-bond acceptors (Lipinski definition) is 4. The molecule has 0 aromatic rings. The molecule has 0 radical (unpaired) electrons. The van der Waals surface area contributed by atoms with Crippen molar-refractivity contribution in [3.05, 3.63) is 0 Å². The third-order valence-electron chi connectivity index (χ3n) is 3.41. The topological polar surface area (TPSA) is 24.9 Å². The van der Waals surface area contributed by atoms with Crippen molar-refractivity contribution in [1.29, 1.82) is 0 Å². The molecule has 0 saturated carbocycles. The zero-order chi connectivity index (χ0) is 12.0. The Morgan fingerprint density at radius 3 is 2.62 bits per heavy atom. The van der Waals surface area contributed by atoms with Crippen LogP contribution in [-0.4, -0.2) is 69.6 Å². The molecule has 1 rings (SSSR count). The van der Waals surface area contributed by atoms with Crippen LogP contribution >= 0.6 is 0 Å². The van der Waals surface area contributed by atoms with Gasteiger partial charge < -0.3 is 9.47 Å². The minimum absolute atomic E-state index is 0.110. The molecular weight excluding hydrogens is 204 g/mol. The molecule has 0 bridgehead atoms. The summed E-state index contributed by atoms with van der Waals surface area (Å²) in [7, 11) is 5.52. The van der Waals surface area contributed by atoms with Gasteiger partial charge in [-0.1, -0.05) is 6.92 Å². The van der Waals surface area contributed by atoms with Crippen molar-refractivity contribution < 1.29 is 9.47 Å². The summed E-state index contributed by atoms with van der Waals surface area (Å²) in [6, 6.07) is 0.712. The molecule has 1 aliphatic rings. The molecule has 1 saturated heterocycles. The van der Waals surface area contributed by atoms with Crippen LogP contribution in [0.3, 0.4) is 0 Å². The lowest BCUT2D eigenvalue weighted by Gasteiger charge is -2.29. The monoisotopic (exact) mass is 230 g/mol. The maximum absolute atomic E-state index is 5.21. The second-order valence-corrected chi connectivity index (χ2v) is 4.55. The van der Waals surface area contributed by atoms with Crippen LogP contribution in [0.5, 0.6) is 0 Å². The van der Waals surface area contributed by atoms with E-state index in [1.165, 1.54) is 19.4 Å². The molecule has 16 heavy (non-hydrogen) atoms. The largest absolute Gasteiger partial charge is 0.355 e. The van der Waals surface area contributed by atoms with Crippen molar-refractivity contribution in [3.63, 3.8) is 0 Å². The van der Waals surface area contributed by atoms with Gasteiger partial charge in [-0.2, -0.15) is 0 Å². The molecule has 1 unspecified atom stereocenters. The molecule has 0 N–H and O–H groups in total. The molecule has 0 aromatic heterocycles. The van der Waals surface area contributed by atoms with Gasteiger partial charge in [0, 0.05) is 33.4 Å². The normalized spacial score (nSPS) is 22.5. The number of ether oxygens (including phenoxy) is 2. The van der Waals surface area contributed by atoms with Crippen molar-refractivity contribution >= 4 is 0 Å². The zero-order valence-electron chi connectivity index (χ0n) is 11.1. The summed E-state index contributed by atoms with van der Waals surface area (Å²) in [5.74, 6) is 0. The van der Waals surface area contributed by atoms with Crippen molar-refractivity contribution in [2.24, 2.45) is 0 Å². The maximum Gasteiger partial charge on any atom is 0.169 e. The lowest BCUT2D eigenvalue weighted by Crippen LogP contribution is -2.41. The summed E-state index contributed by atoms with van der Waals surface area (Å²) in [6.07, 6.45) is 2.55.